The Bertz CT molecular complexity index is 290. The fourth-order valence-electron chi connectivity index (χ4n) is 1.46. The SMILES string of the molecule is COCCNC(CO)c1ccc(SC)cc1. The Balaban J connectivity index is 2.56. The van der Waals surface area contributed by atoms with Gasteiger partial charge in [0, 0.05) is 18.6 Å². The molecule has 16 heavy (non-hydrogen) atoms. The van der Waals surface area contributed by atoms with E-state index in [2.05, 4.69) is 23.7 Å². The van der Waals surface area contributed by atoms with E-state index in [9.17, 15) is 5.11 Å². The molecule has 1 aromatic rings. The molecule has 0 aliphatic rings. The molecule has 4 heteroatoms. The first-order valence-corrected chi connectivity index (χ1v) is 6.51. The van der Waals surface area contributed by atoms with E-state index in [0.717, 1.165) is 12.1 Å². The van der Waals surface area contributed by atoms with Crippen molar-refractivity contribution in [3.05, 3.63) is 29.8 Å². The van der Waals surface area contributed by atoms with Crippen LogP contribution in [-0.2, 0) is 4.74 Å². The number of ether oxygens (including phenoxy) is 1. The fourth-order valence-corrected chi connectivity index (χ4v) is 1.87. The van der Waals surface area contributed by atoms with Crippen LogP contribution in [0.4, 0.5) is 0 Å². The van der Waals surface area contributed by atoms with Crippen molar-refractivity contribution in [3.8, 4) is 0 Å². The summed E-state index contributed by atoms with van der Waals surface area (Å²) in [6.45, 7) is 1.49. The Kier molecular flexibility index (Phi) is 6.49. The van der Waals surface area contributed by atoms with Crippen LogP contribution in [0, 0.1) is 0 Å². The van der Waals surface area contributed by atoms with Crippen LogP contribution in [0.5, 0.6) is 0 Å². The molecule has 0 aromatic heterocycles. The van der Waals surface area contributed by atoms with E-state index in [-0.39, 0.29) is 12.6 Å². The van der Waals surface area contributed by atoms with Gasteiger partial charge in [-0.05, 0) is 24.0 Å². The lowest BCUT2D eigenvalue weighted by atomic mass is 10.1. The summed E-state index contributed by atoms with van der Waals surface area (Å²) in [5.74, 6) is 0. The Labute approximate surface area is 101 Å². The van der Waals surface area contributed by atoms with Crippen LogP contribution < -0.4 is 5.32 Å². The van der Waals surface area contributed by atoms with Crippen LogP contribution in [0.1, 0.15) is 11.6 Å². The van der Waals surface area contributed by atoms with Crippen molar-refractivity contribution in [1.29, 1.82) is 0 Å². The molecule has 0 bridgehead atoms. The summed E-state index contributed by atoms with van der Waals surface area (Å²) >= 11 is 1.72. The third-order valence-corrected chi connectivity index (χ3v) is 3.14. The molecule has 0 saturated carbocycles. The van der Waals surface area contributed by atoms with Crippen LogP contribution in [0.25, 0.3) is 0 Å². The summed E-state index contributed by atoms with van der Waals surface area (Å²) in [4.78, 5) is 1.23. The lowest BCUT2D eigenvalue weighted by Crippen LogP contribution is -2.27. The topological polar surface area (TPSA) is 41.5 Å². The highest BCUT2D eigenvalue weighted by atomic mass is 32.2. The largest absolute Gasteiger partial charge is 0.394 e. The Morgan fingerprint density at radius 2 is 2.06 bits per heavy atom. The normalized spacial score (nSPS) is 12.7. The first-order valence-electron chi connectivity index (χ1n) is 5.29. The highest BCUT2D eigenvalue weighted by Crippen LogP contribution is 2.18. The number of aliphatic hydroxyl groups is 1. The molecule has 1 unspecified atom stereocenters. The molecular weight excluding hydrogens is 222 g/mol. The second-order valence-corrected chi connectivity index (χ2v) is 4.33. The maximum absolute atomic E-state index is 9.30. The van der Waals surface area contributed by atoms with E-state index < -0.39 is 0 Å². The number of nitrogens with one attached hydrogen (secondary N) is 1. The summed E-state index contributed by atoms with van der Waals surface area (Å²) in [6, 6.07) is 8.23. The van der Waals surface area contributed by atoms with Gasteiger partial charge in [-0.1, -0.05) is 12.1 Å². The van der Waals surface area contributed by atoms with Gasteiger partial charge in [-0.15, -0.1) is 11.8 Å². The Morgan fingerprint density at radius 1 is 1.38 bits per heavy atom. The van der Waals surface area contributed by atoms with Crippen molar-refractivity contribution in [2.45, 2.75) is 10.9 Å². The zero-order chi connectivity index (χ0) is 11.8. The molecule has 2 N–H and O–H groups in total. The van der Waals surface area contributed by atoms with E-state index in [1.54, 1.807) is 18.9 Å². The molecule has 0 heterocycles. The zero-order valence-electron chi connectivity index (χ0n) is 9.77. The molecular formula is C12H19NO2S. The summed E-state index contributed by atoms with van der Waals surface area (Å²) in [5.41, 5.74) is 1.11. The molecule has 0 aliphatic carbocycles. The van der Waals surface area contributed by atoms with Crippen LogP contribution in [0.3, 0.4) is 0 Å². The number of benzene rings is 1. The van der Waals surface area contributed by atoms with Gasteiger partial charge in [-0.2, -0.15) is 0 Å². The van der Waals surface area contributed by atoms with Crippen molar-refractivity contribution in [2.24, 2.45) is 0 Å². The van der Waals surface area contributed by atoms with E-state index in [0.29, 0.717) is 6.61 Å². The highest BCUT2D eigenvalue weighted by Gasteiger charge is 2.08. The lowest BCUT2D eigenvalue weighted by Gasteiger charge is -2.16. The van der Waals surface area contributed by atoms with Crippen molar-refractivity contribution in [3.63, 3.8) is 0 Å². The second-order valence-electron chi connectivity index (χ2n) is 3.46. The van der Waals surface area contributed by atoms with Gasteiger partial charge in [0.25, 0.3) is 0 Å². The molecule has 0 fully saturated rings. The smallest absolute Gasteiger partial charge is 0.0626 e. The van der Waals surface area contributed by atoms with Crippen molar-refractivity contribution in [2.75, 3.05) is 33.1 Å². The van der Waals surface area contributed by atoms with Crippen LogP contribution in [0.2, 0.25) is 0 Å². The molecule has 0 spiro atoms. The molecule has 3 nitrogen and oxygen atoms in total. The third kappa shape index (κ3) is 4.14. The number of methoxy groups -OCH3 is 1. The fraction of sp³-hybridized carbons (Fsp3) is 0.500. The molecule has 90 valence electrons. The van der Waals surface area contributed by atoms with Crippen LogP contribution >= 0.6 is 11.8 Å². The second kappa shape index (κ2) is 7.68. The Morgan fingerprint density at radius 3 is 2.56 bits per heavy atom. The van der Waals surface area contributed by atoms with Gasteiger partial charge in [0.1, 0.15) is 0 Å². The summed E-state index contributed by atoms with van der Waals surface area (Å²) in [5, 5.41) is 12.5. The molecule has 1 atom stereocenters. The monoisotopic (exact) mass is 241 g/mol. The van der Waals surface area contributed by atoms with E-state index >= 15 is 0 Å². The van der Waals surface area contributed by atoms with Gasteiger partial charge >= 0.3 is 0 Å². The number of aliphatic hydroxyl groups excluding tert-OH is 1. The number of hydrogen-bond acceptors (Lipinski definition) is 4. The standard InChI is InChI=1S/C12H19NO2S/c1-15-8-7-13-12(9-14)10-3-5-11(16-2)6-4-10/h3-6,12-14H,7-9H2,1-2H3. The minimum Gasteiger partial charge on any atom is -0.394 e. The molecule has 0 amide bonds. The van der Waals surface area contributed by atoms with Crippen LogP contribution in [-0.4, -0.2) is 38.2 Å². The minimum absolute atomic E-state index is 0.00828. The first kappa shape index (κ1) is 13.5. The maximum atomic E-state index is 9.30. The molecule has 1 rings (SSSR count). The van der Waals surface area contributed by atoms with Gasteiger partial charge in [0.05, 0.1) is 19.3 Å². The van der Waals surface area contributed by atoms with Gasteiger partial charge in [-0.25, -0.2) is 0 Å². The van der Waals surface area contributed by atoms with Gasteiger partial charge in [-0.3, -0.25) is 0 Å². The predicted octanol–water partition coefficient (Wildman–Crippen LogP) is 1.68. The molecule has 0 aliphatic heterocycles. The van der Waals surface area contributed by atoms with Crippen molar-refractivity contribution in [1.82, 2.24) is 5.32 Å². The molecule has 1 aromatic carbocycles. The van der Waals surface area contributed by atoms with Crippen molar-refractivity contribution < 1.29 is 9.84 Å². The average Bonchev–Trinajstić information content (AvgIpc) is 2.35. The Hall–Kier alpha value is -0.550. The summed E-state index contributed by atoms with van der Waals surface area (Å²) < 4.78 is 4.96. The van der Waals surface area contributed by atoms with Gasteiger partial charge < -0.3 is 15.2 Å². The summed E-state index contributed by atoms with van der Waals surface area (Å²) in [6.07, 6.45) is 2.05. The molecule has 0 saturated heterocycles. The quantitative estimate of drug-likeness (QED) is 0.563. The number of hydrogen-bond donors (Lipinski definition) is 2. The zero-order valence-corrected chi connectivity index (χ0v) is 10.6. The predicted molar refractivity (Wildman–Crippen MR) is 67.9 cm³/mol. The number of rotatable bonds is 7. The lowest BCUT2D eigenvalue weighted by molar-refractivity contribution is 0.184. The van der Waals surface area contributed by atoms with E-state index in [4.69, 9.17) is 4.74 Å². The number of thioether (sulfide) groups is 1. The van der Waals surface area contributed by atoms with Gasteiger partial charge in [0.2, 0.25) is 0 Å². The molecule has 0 radical (unpaired) electrons. The summed E-state index contributed by atoms with van der Waals surface area (Å²) in [7, 11) is 1.67. The average molecular weight is 241 g/mol. The van der Waals surface area contributed by atoms with Crippen molar-refractivity contribution >= 4 is 11.8 Å². The van der Waals surface area contributed by atoms with Gasteiger partial charge in [0.15, 0.2) is 0 Å². The minimum atomic E-state index is -0.00828. The highest BCUT2D eigenvalue weighted by molar-refractivity contribution is 7.98. The van der Waals surface area contributed by atoms with E-state index in [1.807, 2.05) is 12.1 Å². The maximum Gasteiger partial charge on any atom is 0.0626 e. The first-order chi connectivity index (χ1) is 7.81. The third-order valence-electron chi connectivity index (χ3n) is 2.40. The van der Waals surface area contributed by atoms with Crippen LogP contribution in [0.15, 0.2) is 29.2 Å². The van der Waals surface area contributed by atoms with E-state index in [1.165, 1.54) is 4.90 Å².